The van der Waals surface area contributed by atoms with E-state index in [1.54, 1.807) is 6.07 Å². The molecule has 0 bridgehead atoms. The number of nitrogens with one attached hydrogen (secondary N) is 2. The van der Waals surface area contributed by atoms with Gasteiger partial charge < -0.3 is 10.6 Å². The molecule has 4 rings (SSSR count). The van der Waals surface area contributed by atoms with Crippen LogP contribution < -0.4 is 10.6 Å². The second kappa shape index (κ2) is 6.63. The van der Waals surface area contributed by atoms with Crippen molar-refractivity contribution in [3.63, 3.8) is 0 Å². The number of Topliss-reactive ketones (excluding diaryl/α,β-unsaturated/α-hetero) is 1. The Hall–Kier alpha value is -2.86. The molecule has 1 heterocycles. The van der Waals surface area contributed by atoms with Gasteiger partial charge in [-0.15, -0.1) is 0 Å². The SMILES string of the molecule is CC1(C)CC(=O)C2=C(C1)Nc1ccccc1N[C@@H]2c1ccc(Cl)c([N+](=O)[O-])c1. The van der Waals surface area contributed by atoms with Crippen LogP contribution in [-0.4, -0.2) is 10.7 Å². The van der Waals surface area contributed by atoms with E-state index in [0.717, 1.165) is 23.5 Å². The Kier molecular flexibility index (Phi) is 4.38. The number of ketones is 1. The average molecular weight is 398 g/mol. The lowest BCUT2D eigenvalue weighted by atomic mass is 9.73. The van der Waals surface area contributed by atoms with Crippen molar-refractivity contribution in [2.24, 2.45) is 5.41 Å². The molecule has 7 heteroatoms. The van der Waals surface area contributed by atoms with Crippen LogP contribution in [0.3, 0.4) is 0 Å². The first-order valence-corrected chi connectivity index (χ1v) is 9.46. The van der Waals surface area contributed by atoms with Gasteiger partial charge in [-0.2, -0.15) is 0 Å². The van der Waals surface area contributed by atoms with Gasteiger partial charge in [0.05, 0.1) is 22.3 Å². The van der Waals surface area contributed by atoms with Crippen LogP contribution in [-0.2, 0) is 4.79 Å². The zero-order chi connectivity index (χ0) is 20.1. The molecule has 2 aliphatic rings. The van der Waals surface area contributed by atoms with Crippen LogP contribution in [0.2, 0.25) is 5.02 Å². The lowest BCUT2D eigenvalue weighted by Crippen LogP contribution is -2.31. The van der Waals surface area contributed by atoms with Crippen LogP contribution >= 0.6 is 11.6 Å². The lowest BCUT2D eigenvalue weighted by molar-refractivity contribution is -0.384. The molecular formula is C21H20ClN3O3. The van der Waals surface area contributed by atoms with Crippen molar-refractivity contribution in [2.75, 3.05) is 10.6 Å². The van der Waals surface area contributed by atoms with Crippen LogP contribution in [0.15, 0.2) is 53.7 Å². The van der Waals surface area contributed by atoms with Crippen molar-refractivity contribution in [3.05, 3.63) is 74.4 Å². The van der Waals surface area contributed by atoms with Gasteiger partial charge in [0, 0.05) is 23.8 Å². The summed E-state index contributed by atoms with van der Waals surface area (Å²) < 4.78 is 0. The van der Waals surface area contributed by atoms with E-state index in [1.807, 2.05) is 24.3 Å². The molecule has 1 aliphatic heterocycles. The highest BCUT2D eigenvalue weighted by Crippen LogP contribution is 2.46. The molecule has 2 N–H and O–H groups in total. The zero-order valence-corrected chi connectivity index (χ0v) is 16.3. The minimum atomic E-state index is -0.504. The van der Waals surface area contributed by atoms with Gasteiger partial charge in [-0.25, -0.2) is 0 Å². The highest BCUT2D eigenvalue weighted by atomic mass is 35.5. The summed E-state index contributed by atoms with van der Waals surface area (Å²) in [5.74, 6) is 0.0432. The number of anilines is 2. The second-order valence-electron chi connectivity index (χ2n) is 8.05. The third-order valence-corrected chi connectivity index (χ3v) is 5.54. The first-order chi connectivity index (χ1) is 13.2. The number of hydrogen-bond acceptors (Lipinski definition) is 5. The molecule has 144 valence electrons. The third-order valence-electron chi connectivity index (χ3n) is 5.22. The minimum Gasteiger partial charge on any atom is -0.372 e. The molecule has 6 nitrogen and oxygen atoms in total. The molecule has 2 aromatic rings. The Balaban J connectivity index is 1.90. The highest BCUT2D eigenvalue weighted by Gasteiger charge is 2.39. The van der Waals surface area contributed by atoms with E-state index in [1.165, 1.54) is 12.1 Å². The van der Waals surface area contributed by atoms with Crippen molar-refractivity contribution in [2.45, 2.75) is 32.7 Å². The zero-order valence-electron chi connectivity index (χ0n) is 15.6. The van der Waals surface area contributed by atoms with E-state index >= 15 is 0 Å². The number of carbonyl (C=O) groups is 1. The van der Waals surface area contributed by atoms with Crippen LogP contribution in [0.5, 0.6) is 0 Å². The number of halogens is 1. The minimum absolute atomic E-state index is 0.0432. The van der Waals surface area contributed by atoms with Crippen molar-refractivity contribution in [1.82, 2.24) is 0 Å². The summed E-state index contributed by atoms with van der Waals surface area (Å²) in [6.07, 6.45) is 1.15. The Bertz CT molecular complexity index is 1030. The van der Waals surface area contributed by atoms with Crippen LogP contribution in [0.1, 0.15) is 38.3 Å². The van der Waals surface area contributed by atoms with Gasteiger partial charge in [-0.1, -0.05) is 43.6 Å². The van der Waals surface area contributed by atoms with E-state index in [9.17, 15) is 14.9 Å². The van der Waals surface area contributed by atoms with Gasteiger partial charge in [0.15, 0.2) is 5.78 Å². The maximum absolute atomic E-state index is 13.1. The molecule has 2 aromatic carbocycles. The van der Waals surface area contributed by atoms with Crippen LogP contribution in [0.25, 0.3) is 0 Å². The Labute approximate surface area is 167 Å². The molecule has 0 fully saturated rings. The number of para-hydroxylation sites is 2. The summed E-state index contributed by atoms with van der Waals surface area (Å²) in [4.78, 5) is 24.0. The number of fused-ring (bicyclic) bond motifs is 1. The first-order valence-electron chi connectivity index (χ1n) is 9.08. The number of nitrogens with zero attached hydrogens (tertiary/aromatic N) is 1. The number of allylic oxidation sites excluding steroid dienone is 1. The Morgan fingerprint density at radius 3 is 2.57 bits per heavy atom. The normalized spacial score (nSPS) is 20.4. The van der Waals surface area contributed by atoms with Gasteiger partial charge in [0.25, 0.3) is 5.69 Å². The second-order valence-corrected chi connectivity index (χ2v) is 8.46. The van der Waals surface area contributed by atoms with Crippen molar-refractivity contribution >= 4 is 34.4 Å². The monoisotopic (exact) mass is 397 g/mol. The molecule has 0 unspecified atom stereocenters. The molecule has 0 spiro atoms. The predicted molar refractivity (Wildman–Crippen MR) is 110 cm³/mol. The maximum Gasteiger partial charge on any atom is 0.288 e. The quantitative estimate of drug-likeness (QED) is 0.518. The highest BCUT2D eigenvalue weighted by molar-refractivity contribution is 6.32. The largest absolute Gasteiger partial charge is 0.372 e. The first kappa shape index (κ1) is 18.5. The van der Waals surface area contributed by atoms with Gasteiger partial charge in [-0.05, 0) is 35.6 Å². The van der Waals surface area contributed by atoms with E-state index in [2.05, 4.69) is 24.5 Å². The van der Waals surface area contributed by atoms with Crippen molar-refractivity contribution < 1.29 is 9.72 Å². The molecule has 1 aliphatic carbocycles. The standard InChI is InChI=1S/C21H20ClN3O3/c1-21(2)10-16-19(18(26)11-21)20(24-15-6-4-3-5-14(15)23-16)12-7-8-13(22)17(9-12)25(27)28/h3-9,20,23-24H,10-11H2,1-2H3/t20-/m1/s1. The summed E-state index contributed by atoms with van der Waals surface area (Å²) in [6.45, 7) is 4.14. The topological polar surface area (TPSA) is 84.3 Å². The Morgan fingerprint density at radius 1 is 1.14 bits per heavy atom. The van der Waals surface area contributed by atoms with E-state index in [0.29, 0.717) is 17.6 Å². The molecule has 0 saturated carbocycles. The molecule has 28 heavy (non-hydrogen) atoms. The van der Waals surface area contributed by atoms with E-state index in [-0.39, 0.29) is 21.9 Å². The van der Waals surface area contributed by atoms with Crippen LogP contribution in [0, 0.1) is 15.5 Å². The third kappa shape index (κ3) is 3.24. The molecule has 0 amide bonds. The Morgan fingerprint density at radius 2 is 1.86 bits per heavy atom. The smallest absolute Gasteiger partial charge is 0.288 e. The molecule has 0 saturated heterocycles. The lowest BCUT2D eigenvalue weighted by Gasteiger charge is -2.34. The summed E-state index contributed by atoms with van der Waals surface area (Å²) in [6, 6.07) is 11.9. The van der Waals surface area contributed by atoms with Gasteiger partial charge >= 0.3 is 0 Å². The molecule has 0 aromatic heterocycles. The maximum atomic E-state index is 13.1. The molecular weight excluding hydrogens is 378 g/mol. The van der Waals surface area contributed by atoms with Crippen molar-refractivity contribution in [3.8, 4) is 0 Å². The summed E-state index contributed by atoms with van der Waals surface area (Å²) in [5.41, 5.74) is 3.52. The van der Waals surface area contributed by atoms with E-state index < -0.39 is 11.0 Å². The number of benzene rings is 2. The summed E-state index contributed by atoms with van der Waals surface area (Å²) in [5, 5.41) is 18.3. The fraction of sp³-hybridized carbons (Fsp3) is 0.286. The number of nitro benzene ring substituents is 1. The average Bonchev–Trinajstić information content (AvgIpc) is 2.77. The molecule has 1 atom stereocenters. The predicted octanol–water partition coefficient (Wildman–Crippen LogP) is 5.47. The van der Waals surface area contributed by atoms with E-state index in [4.69, 9.17) is 11.6 Å². The van der Waals surface area contributed by atoms with Gasteiger partial charge in [0.1, 0.15) is 5.02 Å². The van der Waals surface area contributed by atoms with Crippen molar-refractivity contribution in [1.29, 1.82) is 0 Å². The number of carbonyl (C=O) groups excluding carboxylic acids is 1. The number of rotatable bonds is 2. The van der Waals surface area contributed by atoms with Gasteiger partial charge in [-0.3, -0.25) is 14.9 Å². The number of nitro groups is 1. The number of hydrogen-bond donors (Lipinski definition) is 2. The fourth-order valence-electron chi connectivity index (χ4n) is 3.99. The fourth-order valence-corrected chi connectivity index (χ4v) is 4.18. The van der Waals surface area contributed by atoms with Gasteiger partial charge in [0.2, 0.25) is 0 Å². The summed E-state index contributed by atoms with van der Waals surface area (Å²) >= 11 is 5.99. The molecule has 0 radical (unpaired) electrons. The summed E-state index contributed by atoms with van der Waals surface area (Å²) in [7, 11) is 0. The van der Waals surface area contributed by atoms with Crippen LogP contribution in [0.4, 0.5) is 17.1 Å².